The van der Waals surface area contributed by atoms with Crippen LogP contribution in [0.2, 0.25) is 0 Å². The molecule has 0 bridgehead atoms. The monoisotopic (exact) mass is 470 g/mol. The number of aromatic nitrogens is 4. The summed E-state index contributed by atoms with van der Waals surface area (Å²) in [5.74, 6) is 1.78. The van der Waals surface area contributed by atoms with Gasteiger partial charge < -0.3 is 14.9 Å². The summed E-state index contributed by atoms with van der Waals surface area (Å²) >= 11 is 0. The molecule has 0 fully saturated rings. The highest BCUT2D eigenvalue weighted by molar-refractivity contribution is 5.71. The van der Waals surface area contributed by atoms with Crippen molar-refractivity contribution in [1.82, 2.24) is 29.7 Å². The zero-order chi connectivity index (χ0) is 24.6. The van der Waals surface area contributed by atoms with Gasteiger partial charge in [0, 0.05) is 6.54 Å². The van der Waals surface area contributed by atoms with Gasteiger partial charge in [0.25, 0.3) is 0 Å². The normalized spacial score (nSPS) is 11.2. The number of H-pyrrole nitrogens is 2. The lowest BCUT2D eigenvalue weighted by atomic mass is 10.0. The van der Waals surface area contributed by atoms with Crippen molar-refractivity contribution in [2.75, 3.05) is 20.1 Å². The molecular formula is C28H34N6O. The van der Waals surface area contributed by atoms with Crippen LogP contribution in [0.4, 0.5) is 0 Å². The Morgan fingerprint density at radius 1 is 0.714 bits per heavy atom. The van der Waals surface area contributed by atoms with Gasteiger partial charge in [0.1, 0.15) is 11.6 Å². The lowest BCUT2D eigenvalue weighted by Crippen LogP contribution is -2.22. The van der Waals surface area contributed by atoms with Crippen LogP contribution in [0.15, 0.2) is 60.9 Å². The van der Waals surface area contributed by atoms with Gasteiger partial charge in [0.05, 0.1) is 36.9 Å². The second kappa shape index (κ2) is 11.6. The molecule has 0 saturated heterocycles. The van der Waals surface area contributed by atoms with Gasteiger partial charge in [0.15, 0.2) is 0 Å². The van der Waals surface area contributed by atoms with Crippen molar-refractivity contribution in [2.24, 2.45) is 0 Å². The van der Waals surface area contributed by atoms with Crippen LogP contribution in [0.3, 0.4) is 0 Å². The summed E-state index contributed by atoms with van der Waals surface area (Å²) in [5, 5.41) is 0. The van der Waals surface area contributed by atoms with E-state index in [1.54, 1.807) is 4.90 Å². The highest BCUT2D eigenvalue weighted by atomic mass is 16.1. The van der Waals surface area contributed by atoms with Crippen LogP contribution >= 0.6 is 0 Å². The van der Waals surface area contributed by atoms with E-state index in [0.29, 0.717) is 6.54 Å². The summed E-state index contributed by atoms with van der Waals surface area (Å²) in [7, 11) is 2.12. The number of aromatic amines is 2. The number of benzene rings is 2. The van der Waals surface area contributed by atoms with Gasteiger partial charge in [-0.15, -0.1) is 0 Å². The van der Waals surface area contributed by atoms with Gasteiger partial charge in [-0.1, -0.05) is 62.4 Å². The lowest BCUT2D eigenvalue weighted by molar-refractivity contribution is -0.118. The topological polar surface area (TPSA) is 80.9 Å². The molecule has 0 atom stereocenters. The van der Waals surface area contributed by atoms with Gasteiger partial charge in [0.2, 0.25) is 6.41 Å². The van der Waals surface area contributed by atoms with Gasteiger partial charge in [-0.05, 0) is 48.7 Å². The number of carbonyl (C=O) groups is 1. The predicted molar refractivity (Wildman–Crippen MR) is 140 cm³/mol. The third kappa shape index (κ3) is 6.25. The Kier molecular flexibility index (Phi) is 8.11. The Labute approximate surface area is 207 Å². The maximum atomic E-state index is 11.2. The van der Waals surface area contributed by atoms with E-state index in [2.05, 4.69) is 94.3 Å². The van der Waals surface area contributed by atoms with E-state index in [-0.39, 0.29) is 0 Å². The predicted octanol–water partition coefficient (Wildman–Crippen LogP) is 5.34. The average molecular weight is 471 g/mol. The van der Waals surface area contributed by atoms with Crippen LogP contribution in [0, 0.1) is 0 Å². The van der Waals surface area contributed by atoms with E-state index in [9.17, 15) is 4.79 Å². The van der Waals surface area contributed by atoms with Crippen LogP contribution in [0.5, 0.6) is 0 Å². The minimum atomic E-state index is 0.495. The molecule has 0 unspecified atom stereocenters. The van der Waals surface area contributed by atoms with E-state index in [0.717, 1.165) is 84.2 Å². The summed E-state index contributed by atoms with van der Waals surface area (Å²) in [6.45, 7) is 7.35. The largest absolute Gasteiger partial charge is 0.341 e. The first-order chi connectivity index (χ1) is 17.1. The van der Waals surface area contributed by atoms with E-state index < -0.39 is 0 Å². The highest BCUT2D eigenvalue weighted by Gasteiger charge is 2.09. The Morgan fingerprint density at radius 3 is 1.63 bits per heavy atom. The zero-order valence-electron chi connectivity index (χ0n) is 20.8. The van der Waals surface area contributed by atoms with Crippen LogP contribution < -0.4 is 0 Å². The van der Waals surface area contributed by atoms with E-state index in [1.165, 1.54) is 0 Å². The van der Waals surface area contributed by atoms with Crippen LogP contribution in [0.25, 0.3) is 33.6 Å². The number of nitrogens with one attached hydrogen (secondary N) is 2. The zero-order valence-corrected chi connectivity index (χ0v) is 20.8. The summed E-state index contributed by atoms with van der Waals surface area (Å²) in [4.78, 5) is 30.9. The second-order valence-electron chi connectivity index (χ2n) is 8.96. The molecule has 0 saturated carbocycles. The molecular weight excluding hydrogens is 436 g/mol. The summed E-state index contributed by atoms with van der Waals surface area (Å²) in [5.41, 5.74) is 6.49. The molecule has 4 rings (SSSR count). The van der Waals surface area contributed by atoms with E-state index in [4.69, 9.17) is 0 Å². The molecule has 2 aromatic heterocycles. The van der Waals surface area contributed by atoms with Gasteiger partial charge in [-0.3, -0.25) is 9.69 Å². The summed E-state index contributed by atoms with van der Waals surface area (Å²) in [6, 6.07) is 17.0. The number of imidazole rings is 2. The van der Waals surface area contributed by atoms with Crippen molar-refractivity contribution in [3.8, 4) is 33.6 Å². The van der Waals surface area contributed by atoms with Gasteiger partial charge in [-0.2, -0.15) is 0 Å². The van der Waals surface area contributed by atoms with Crippen molar-refractivity contribution in [1.29, 1.82) is 0 Å². The fourth-order valence-electron chi connectivity index (χ4n) is 4.23. The molecule has 7 nitrogen and oxygen atoms in total. The van der Waals surface area contributed by atoms with Gasteiger partial charge in [-0.25, -0.2) is 9.97 Å². The number of hydrogen-bond acceptors (Lipinski definition) is 4. The first-order valence-electron chi connectivity index (χ1n) is 12.3. The number of amides is 1. The third-order valence-electron chi connectivity index (χ3n) is 6.02. The Morgan fingerprint density at radius 2 is 1.17 bits per heavy atom. The SMILES string of the molecule is CCCN(C)Cc1ncc(-c2ccc(-c3ccc(-c4cnc(CN(C=O)CCC)[nH]4)cc3)cc2)[nH]1. The van der Waals surface area contributed by atoms with Crippen LogP contribution in [-0.4, -0.2) is 56.3 Å². The van der Waals surface area contributed by atoms with Crippen molar-refractivity contribution >= 4 is 6.41 Å². The molecule has 0 aliphatic heterocycles. The fraction of sp³-hybridized carbons (Fsp3) is 0.321. The number of hydrogen-bond donors (Lipinski definition) is 2. The number of nitrogens with zero attached hydrogens (tertiary/aromatic N) is 4. The molecule has 0 radical (unpaired) electrons. The molecule has 182 valence electrons. The maximum absolute atomic E-state index is 11.2. The molecule has 4 aromatic rings. The van der Waals surface area contributed by atoms with Crippen LogP contribution in [-0.2, 0) is 17.9 Å². The summed E-state index contributed by atoms with van der Waals surface area (Å²) < 4.78 is 0. The Bertz CT molecular complexity index is 1210. The van der Waals surface area contributed by atoms with Gasteiger partial charge >= 0.3 is 0 Å². The quantitative estimate of drug-likeness (QED) is 0.274. The molecule has 1 amide bonds. The molecule has 2 aromatic carbocycles. The standard InChI is InChI=1S/C28H34N6O/c1-4-14-33(3)18-27-29-16-25(31-27)23-10-6-21(7-11-23)22-8-12-24(13-9-22)26-17-30-28(32-26)19-34(20-35)15-5-2/h6-13,16-17,20H,4-5,14-15,18-19H2,1-3H3,(H,29,31)(H,30,32). The number of carbonyl (C=O) groups excluding carboxylic acids is 1. The van der Waals surface area contributed by atoms with Crippen molar-refractivity contribution in [3.63, 3.8) is 0 Å². The molecule has 35 heavy (non-hydrogen) atoms. The number of rotatable bonds is 12. The first kappa shape index (κ1) is 24.4. The molecule has 0 aliphatic carbocycles. The molecule has 0 spiro atoms. The molecule has 7 heteroatoms. The fourth-order valence-corrected chi connectivity index (χ4v) is 4.23. The smallest absolute Gasteiger partial charge is 0.210 e. The molecule has 0 aliphatic rings. The highest BCUT2D eigenvalue weighted by Crippen LogP contribution is 2.26. The van der Waals surface area contributed by atoms with Crippen molar-refractivity contribution < 1.29 is 4.79 Å². The van der Waals surface area contributed by atoms with Crippen molar-refractivity contribution in [3.05, 3.63) is 72.6 Å². The van der Waals surface area contributed by atoms with E-state index >= 15 is 0 Å². The van der Waals surface area contributed by atoms with E-state index in [1.807, 2.05) is 12.4 Å². The lowest BCUT2D eigenvalue weighted by Gasteiger charge is -2.14. The average Bonchev–Trinajstić information content (AvgIpc) is 3.54. The maximum Gasteiger partial charge on any atom is 0.210 e. The minimum absolute atomic E-state index is 0.495. The Hall–Kier alpha value is -3.71. The second-order valence-corrected chi connectivity index (χ2v) is 8.96. The first-order valence-corrected chi connectivity index (χ1v) is 12.3. The summed E-state index contributed by atoms with van der Waals surface area (Å²) in [6.07, 6.45) is 6.67. The minimum Gasteiger partial charge on any atom is -0.341 e. The third-order valence-corrected chi connectivity index (χ3v) is 6.02. The molecule has 2 N–H and O–H groups in total. The Balaban J connectivity index is 1.41. The van der Waals surface area contributed by atoms with Crippen molar-refractivity contribution in [2.45, 2.75) is 39.8 Å². The van der Waals surface area contributed by atoms with Crippen LogP contribution in [0.1, 0.15) is 38.3 Å². The molecule has 2 heterocycles.